The van der Waals surface area contributed by atoms with Crippen LogP contribution in [0.5, 0.6) is 0 Å². The number of esters is 2. The van der Waals surface area contributed by atoms with E-state index in [2.05, 4.69) is 22.6 Å². The molecule has 19 heavy (non-hydrogen) atoms. The second-order valence-corrected chi connectivity index (χ2v) is 5.53. The van der Waals surface area contributed by atoms with Gasteiger partial charge in [-0.2, -0.15) is 0 Å². The first kappa shape index (κ1) is 14.0. The first-order valence-corrected chi connectivity index (χ1v) is 6.76. The van der Waals surface area contributed by atoms with E-state index in [1.807, 2.05) is 30.3 Å². The number of benzene rings is 1. The van der Waals surface area contributed by atoms with Crippen LogP contribution in [-0.2, 0) is 19.1 Å². The Morgan fingerprint density at radius 1 is 1.16 bits per heavy atom. The van der Waals surface area contributed by atoms with Crippen molar-refractivity contribution in [3.05, 3.63) is 39.0 Å². The normalized spacial score (nSPS) is 17.9. The minimum Gasteiger partial charge on any atom is -0.468 e. The first-order chi connectivity index (χ1) is 9.04. The summed E-state index contributed by atoms with van der Waals surface area (Å²) in [6, 6.07) is 7.80. The third-order valence-electron chi connectivity index (χ3n) is 3.16. The number of halogens is 1. The molecular formula is C14H13IO4. The Hall–Kier alpha value is -1.37. The van der Waals surface area contributed by atoms with Crippen molar-refractivity contribution in [3.8, 4) is 0 Å². The minimum absolute atomic E-state index is 0.359. The Bertz CT molecular complexity index is 529. The average molecular weight is 372 g/mol. The van der Waals surface area contributed by atoms with Crippen molar-refractivity contribution in [1.29, 1.82) is 0 Å². The number of carbonyl (C=O) groups is 2. The van der Waals surface area contributed by atoms with Crippen LogP contribution in [0, 0.1) is 8.99 Å². The van der Waals surface area contributed by atoms with E-state index in [0.717, 1.165) is 14.7 Å². The molecular weight excluding hydrogens is 359 g/mol. The lowest BCUT2D eigenvalue weighted by atomic mass is 10.1. The Labute approximate surface area is 124 Å². The maximum atomic E-state index is 11.8. The summed E-state index contributed by atoms with van der Waals surface area (Å²) in [6.07, 6.45) is 2.20. The van der Waals surface area contributed by atoms with Gasteiger partial charge in [0.1, 0.15) is 0 Å². The summed E-state index contributed by atoms with van der Waals surface area (Å²) in [4.78, 5) is 23.6. The van der Waals surface area contributed by atoms with Gasteiger partial charge in [0.05, 0.1) is 14.2 Å². The molecule has 0 N–H and O–H groups in total. The van der Waals surface area contributed by atoms with Crippen molar-refractivity contribution < 1.29 is 19.1 Å². The molecule has 100 valence electrons. The average Bonchev–Trinajstić information content (AvgIpc) is 3.15. The van der Waals surface area contributed by atoms with E-state index in [-0.39, 0.29) is 0 Å². The Balaban J connectivity index is 2.30. The number of ether oxygens (including phenoxy) is 2. The summed E-state index contributed by atoms with van der Waals surface area (Å²) in [5.41, 5.74) is 0.449. The Morgan fingerprint density at radius 3 is 2.16 bits per heavy atom. The molecule has 4 nitrogen and oxygen atoms in total. The molecule has 5 heteroatoms. The standard InChI is InChI=1S/C14H13IO4/c1-18-12(16)14(13(17)19-2)8-10(14)7-9-3-5-11(15)6-4-9/h3-7H,8H2,1-2H3/b10-7+. The van der Waals surface area contributed by atoms with Gasteiger partial charge in [0.15, 0.2) is 5.41 Å². The highest BCUT2D eigenvalue weighted by atomic mass is 127. The van der Waals surface area contributed by atoms with E-state index < -0.39 is 17.4 Å². The van der Waals surface area contributed by atoms with Gasteiger partial charge in [-0.3, -0.25) is 9.59 Å². The largest absolute Gasteiger partial charge is 0.468 e. The molecule has 0 spiro atoms. The van der Waals surface area contributed by atoms with Gasteiger partial charge >= 0.3 is 11.9 Å². The summed E-state index contributed by atoms with van der Waals surface area (Å²) in [5.74, 6) is -1.12. The molecule has 1 fully saturated rings. The zero-order valence-corrected chi connectivity index (χ0v) is 12.8. The Morgan fingerprint density at radius 2 is 1.68 bits per heavy atom. The molecule has 1 aromatic carbocycles. The van der Waals surface area contributed by atoms with Crippen LogP contribution in [0.25, 0.3) is 6.08 Å². The highest BCUT2D eigenvalue weighted by Gasteiger charge is 2.64. The molecule has 0 unspecified atom stereocenters. The van der Waals surface area contributed by atoms with E-state index in [1.165, 1.54) is 14.2 Å². The molecule has 2 rings (SSSR count). The van der Waals surface area contributed by atoms with Crippen molar-refractivity contribution in [1.82, 2.24) is 0 Å². The highest BCUT2D eigenvalue weighted by molar-refractivity contribution is 14.1. The zero-order valence-electron chi connectivity index (χ0n) is 10.6. The van der Waals surface area contributed by atoms with Crippen molar-refractivity contribution in [2.75, 3.05) is 14.2 Å². The van der Waals surface area contributed by atoms with Crippen LogP contribution in [0.15, 0.2) is 29.8 Å². The lowest BCUT2D eigenvalue weighted by Crippen LogP contribution is -2.28. The fraction of sp³-hybridized carbons (Fsp3) is 0.286. The molecule has 1 aromatic rings. The van der Waals surface area contributed by atoms with Crippen molar-refractivity contribution in [3.63, 3.8) is 0 Å². The van der Waals surface area contributed by atoms with E-state index in [9.17, 15) is 9.59 Å². The zero-order chi connectivity index (χ0) is 14.0. The van der Waals surface area contributed by atoms with E-state index in [4.69, 9.17) is 9.47 Å². The monoisotopic (exact) mass is 372 g/mol. The lowest BCUT2D eigenvalue weighted by Gasteiger charge is -2.09. The lowest BCUT2D eigenvalue weighted by molar-refractivity contribution is -0.160. The maximum absolute atomic E-state index is 11.8. The molecule has 0 aliphatic heterocycles. The molecule has 0 saturated heterocycles. The maximum Gasteiger partial charge on any atom is 0.327 e. The first-order valence-electron chi connectivity index (χ1n) is 5.68. The molecule has 1 aliphatic carbocycles. The number of methoxy groups -OCH3 is 2. The number of rotatable bonds is 3. The molecule has 1 aliphatic rings. The van der Waals surface area contributed by atoms with Gasteiger partial charge < -0.3 is 9.47 Å². The van der Waals surface area contributed by atoms with Gasteiger partial charge in [0.25, 0.3) is 0 Å². The SMILES string of the molecule is COC(=O)C1(C(=O)OC)C/C1=C\c1ccc(I)cc1. The number of hydrogen-bond acceptors (Lipinski definition) is 4. The molecule has 0 amide bonds. The van der Waals surface area contributed by atoms with Crippen LogP contribution >= 0.6 is 22.6 Å². The minimum atomic E-state index is -1.23. The topological polar surface area (TPSA) is 52.6 Å². The van der Waals surface area contributed by atoms with Gasteiger partial charge in [0, 0.05) is 9.99 Å². The molecule has 0 heterocycles. The number of carbonyl (C=O) groups excluding carboxylic acids is 2. The van der Waals surface area contributed by atoms with Crippen LogP contribution in [0.2, 0.25) is 0 Å². The van der Waals surface area contributed by atoms with Crippen molar-refractivity contribution in [2.45, 2.75) is 6.42 Å². The second-order valence-electron chi connectivity index (χ2n) is 4.29. The molecule has 1 saturated carbocycles. The third-order valence-corrected chi connectivity index (χ3v) is 3.88. The van der Waals surface area contributed by atoms with Crippen molar-refractivity contribution in [2.24, 2.45) is 5.41 Å². The van der Waals surface area contributed by atoms with E-state index in [0.29, 0.717) is 6.42 Å². The van der Waals surface area contributed by atoms with E-state index in [1.54, 1.807) is 0 Å². The van der Waals surface area contributed by atoms with Crippen molar-refractivity contribution >= 4 is 40.6 Å². The van der Waals surface area contributed by atoms with Crippen LogP contribution in [-0.4, -0.2) is 26.2 Å². The van der Waals surface area contributed by atoms with Gasteiger partial charge in [-0.25, -0.2) is 0 Å². The van der Waals surface area contributed by atoms with Crippen LogP contribution in [0.1, 0.15) is 12.0 Å². The molecule has 0 atom stereocenters. The molecule has 0 bridgehead atoms. The van der Waals surface area contributed by atoms with Crippen LogP contribution < -0.4 is 0 Å². The summed E-state index contributed by atoms with van der Waals surface area (Å²) in [7, 11) is 2.54. The quantitative estimate of drug-likeness (QED) is 0.465. The smallest absolute Gasteiger partial charge is 0.327 e. The summed E-state index contributed by atoms with van der Waals surface area (Å²) in [6.45, 7) is 0. The summed E-state index contributed by atoms with van der Waals surface area (Å²) < 4.78 is 10.5. The predicted molar refractivity (Wildman–Crippen MR) is 78.2 cm³/mol. The predicted octanol–water partition coefficient (Wildman–Crippen LogP) is 2.41. The van der Waals surface area contributed by atoms with Gasteiger partial charge in [-0.05, 0) is 45.9 Å². The van der Waals surface area contributed by atoms with Gasteiger partial charge in [-0.1, -0.05) is 18.2 Å². The van der Waals surface area contributed by atoms with E-state index >= 15 is 0 Å². The summed E-state index contributed by atoms with van der Waals surface area (Å²) in [5, 5.41) is 0. The van der Waals surface area contributed by atoms with Gasteiger partial charge in [-0.15, -0.1) is 0 Å². The fourth-order valence-electron chi connectivity index (χ4n) is 2.01. The Kier molecular flexibility index (Phi) is 3.93. The number of hydrogen-bond donors (Lipinski definition) is 0. The highest BCUT2D eigenvalue weighted by Crippen LogP contribution is 2.54. The summed E-state index contributed by atoms with van der Waals surface area (Å²) >= 11 is 2.22. The second kappa shape index (κ2) is 5.32. The molecule has 0 radical (unpaired) electrons. The van der Waals surface area contributed by atoms with Gasteiger partial charge in [0.2, 0.25) is 0 Å². The van der Waals surface area contributed by atoms with Crippen LogP contribution in [0.4, 0.5) is 0 Å². The molecule has 0 aromatic heterocycles. The fourth-order valence-corrected chi connectivity index (χ4v) is 2.37. The third kappa shape index (κ3) is 2.51. The van der Waals surface area contributed by atoms with Crippen LogP contribution in [0.3, 0.4) is 0 Å².